The molecule has 608 valence electrons. The average Bonchev–Trinajstić information content (AvgIpc) is 0.843. The second kappa shape index (κ2) is 55.7. The lowest BCUT2D eigenvalue weighted by atomic mass is 9.92. The van der Waals surface area contributed by atoms with Gasteiger partial charge in [0, 0.05) is 47.4 Å². The fourth-order valence-electron chi connectivity index (χ4n) is 15.2. The molecule has 11 nitrogen and oxygen atoms in total. The van der Waals surface area contributed by atoms with E-state index in [0.717, 1.165) is 234 Å². The van der Waals surface area contributed by atoms with Gasteiger partial charge in [-0.15, -0.1) is 0 Å². The monoisotopic (exact) mass is 1820 g/mol. The van der Waals surface area contributed by atoms with Gasteiger partial charge >= 0.3 is 0 Å². The summed E-state index contributed by atoms with van der Waals surface area (Å²) in [5, 5.41) is 9.85. The van der Waals surface area contributed by atoms with E-state index in [4.69, 9.17) is 0 Å². The summed E-state index contributed by atoms with van der Waals surface area (Å²) in [7, 11) is 0. The molecular formula is C89H136Br5F3N6O5. The molecule has 5 aromatic rings. The number of rotatable bonds is 38. The van der Waals surface area contributed by atoms with E-state index in [1.165, 1.54) is 78.8 Å². The predicted octanol–water partition coefficient (Wildman–Crippen LogP) is 14.1. The number of ketones is 4. The summed E-state index contributed by atoms with van der Waals surface area (Å²) in [6, 6.07) is 21.5. The molecule has 2 aliphatic rings. The summed E-state index contributed by atoms with van der Waals surface area (Å²) in [5.74, 6) is 0.464. The molecular weight excluding hydrogens is 1690 g/mol. The number of amides is 1. The smallest absolute Gasteiger partial charge is 0.241 e. The number of nitrogens with one attached hydrogen (secondary N) is 2. The minimum Gasteiger partial charge on any atom is -1.00 e. The van der Waals surface area contributed by atoms with Gasteiger partial charge in [0.1, 0.15) is 30.5 Å². The highest BCUT2D eigenvalue weighted by atomic mass is 79.9. The highest BCUT2D eigenvalue weighted by Gasteiger charge is 2.33. The van der Waals surface area contributed by atoms with Crippen LogP contribution >= 0.6 is 47.8 Å². The Bertz CT molecular complexity index is 3390. The molecule has 2 saturated heterocycles. The highest BCUT2D eigenvalue weighted by Crippen LogP contribution is 2.27. The van der Waals surface area contributed by atoms with Crippen LogP contribution in [-0.4, -0.2) is 168 Å². The predicted molar refractivity (Wildman–Crippen MR) is 451 cm³/mol. The second-order valence-corrected chi connectivity index (χ2v) is 32.5. The maximum absolute atomic E-state index is 13.8. The van der Waals surface area contributed by atoms with Crippen LogP contribution in [-0.2, 0) is 49.7 Å². The van der Waals surface area contributed by atoms with Gasteiger partial charge in [-0.3, -0.25) is 33.8 Å². The first kappa shape index (κ1) is 102. The molecule has 0 bridgehead atoms. The lowest BCUT2D eigenvalue weighted by molar-refractivity contribution is -0.919. The van der Waals surface area contributed by atoms with E-state index in [9.17, 15) is 37.1 Å². The van der Waals surface area contributed by atoms with E-state index in [0.29, 0.717) is 51.1 Å². The van der Waals surface area contributed by atoms with E-state index >= 15 is 0 Å². The van der Waals surface area contributed by atoms with Gasteiger partial charge in [0.05, 0.1) is 57.9 Å². The summed E-state index contributed by atoms with van der Waals surface area (Å²) in [4.78, 5) is 68.2. The number of para-hydroxylation sites is 1. The van der Waals surface area contributed by atoms with Crippen LogP contribution < -0.4 is 44.6 Å². The zero-order chi connectivity index (χ0) is 78.9. The van der Waals surface area contributed by atoms with Crippen molar-refractivity contribution >= 4 is 82.5 Å². The first-order chi connectivity index (χ1) is 50.5. The number of carbonyl (C=O) groups is 5. The molecule has 2 N–H and O–H groups in total. The number of hydrogen-bond acceptors (Lipinski definition) is 8. The van der Waals surface area contributed by atoms with Gasteiger partial charge in [-0.2, -0.15) is 0 Å². The van der Waals surface area contributed by atoms with E-state index in [1.54, 1.807) is 0 Å². The summed E-state index contributed by atoms with van der Waals surface area (Å²) in [5.41, 5.74) is 14.9. The van der Waals surface area contributed by atoms with Crippen molar-refractivity contribution in [3.05, 3.63) is 168 Å². The Hall–Kier alpha value is -3.76. The number of benzene rings is 5. The normalized spacial score (nSPS) is 15.1. The van der Waals surface area contributed by atoms with Crippen molar-refractivity contribution in [1.29, 1.82) is 0 Å². The molecule has 2 aliphatic heterocycles. The van der Waals surface area contributed by atoms with Crippen LogP contribution in [0.15, 0.2) is 72.8 Å². The van der Waals surface area contributed by atoms with Crippen molar-refractivity contribution < 1.29 is 80.1 Å². The molecule has 1 amide bonds. The standard InChI is InChI=1S/C34H50FN3O2.C20H32BrFNO.C16H24FNO.C15H21NO.C4H8Br2.2BrH/c1-7-19-38(8-2,24-30(39)23-31-27(5)21-29(35)22-28(31)6)20-12-11-18-37-17-10-9-16-32(37)34(40)36-33-25(3)14-13-15-26(33)4;1-5-10-23(6-2,11-8-7-9-21)15-19(24)14-20-16(3)12-18(22)13-17(20)4;1-5-7-18(6-2)11-15(19)10-16-12(3)8-14(17)9-13(16)4;1-11-6-5-7-12(2)13(11)10-15(17)14-8-3-4-9-16-14;5-3-1-2-4-6;;/h13-15,21-22,32H,7-12,16-20,23-24H2,1-6H3;12-13H,5-11,14-15H2,1-4H3;8-9H,5-7,10-11H2,1-4H3;5-7,14,16H,3-4,8-10H2,1-2H3;1-4H2;2*1H/q;+1;;;;;/p-1. The maximum atomic E-state index is 13.8. The first-order valence-electron chi connectivity index (χ1n) is 39.9. The number of piperidine rings is 2. The van der Waals surface area contributed by atoms with E-state index in [2.05, 4.69) is 142 Å². The van der Waals surface area contributed by atoms with E-state index < -0.39 is 0 Å². The number of aryl methyl sites for hydroxylation is 10. The minimum absolute atomic E-state index is 0. The summed E-state index contributed by atoms with van der Waals surface area (Å²) < 4.78 is 42.1. The molecule has 4 atom stereocenters. The number of alkyl halides is 3. The first-order valence-corrected chi connectivity index (χ1v) is 43.2. The summed E-state index contributed by atoms with van der Waals surface area (Å²) in [6.07, 6.45) is 18.3. The molecule has 108 heavy (non-hydrogen) atoms. The molecule has 0 aliphatic carbocycles. The van der Waals surface area contributed by atoms with E-state index in [-0.39, 0.29) is 86.8 Å². The number of hydrogen-bond donors (Lipinski definition) is 2. The number of nitrogens with zero attached hydrogens (tertiary/aromatic N) is 4. The molecule has 7 rings (SSSR count). The lowest BCUT2D eigenvalue weighted by Crippen LogP contribution is -3.00. The van der Waals surface area contributed by atoms with Crippen molar-refractivity contribution in [3.63, 3.8) is 0 Å². The van der Waals surface area contributed by atoms with Crippen molar-refractivity contribution in [2.24, 2.45) is 0 Å². The molecule has 19 heteroatoms. The Kier molecular flexibility index (Phi) is 52.7. The number of unbranched alkanes of at least 4 members (excludes halogenated alkanes) is 3. The molecule has 4 unspecified atom stereocenters. The maximum Gasteiger partial charge on any atom is 0.241 e. The Labute approximate surface area is 698 Å². The van der Waals surface area contributed by atoms with Crippen LogP contribution in [0.2, 0.25) is 0 Å². The number of Topliss-reactive ketones (excluding diaryl/α,β-unsaturated/α-hetero) is 4. The van der Waals surface area contributed by atoms with E-state index in [1.807, 2.05) is 73.6 Å². The minimum atomic E-state index is -0.241. The third kappa shape index (κ3) is 36.6. The molecule has 2 heterocycles. The fraction of sp³-hybridized carbons (Fsp3) is 0.607. The second-order valence-electron chi connectivity index (χ2n) is 30.1. The third-order valence-electron chi connectivity index (χ3n) is 21.5. The molecule has 2 fully saturated rings. The highest BCUT2D eigenvalue weighted by molar-refractivity contribution is 9.09. The number of halogens is 8. The van der Waals surface area contributed by atoms with Gasteiger partial charge in [0.2, 0.25) is 5.91 Å². The largest absolute Gasteiger partial charge is 1.00 e. The SMILES string of the molecule is BrCCCCBr.CCCN(CC)CC(=O)Cc1c(C)cc(F)cc1C.CCC[N+](CC)(CCCCBr)CC(=O)Cc1c(C)cc(F)cc1C.CCC[N+](CC)(CCCCN1CCCCC1C(=O)Nc1c(C)cccc1C)CC(=O)Cc1c(C)cc(F)cc1C.Cc1cccc(C)c1CC(=O)C1CCCCN1.[Br-].[Br-]. The summed E-state index contributed by atoms with van der Waals surface area (Å²) >= 11 is 10.1. The van der Waals surface area contributed by atoms with Crippen LogP contribution in [0, 0.1) is 86.7 Å². The summed E-state index contributed by atoms with van der Waals surface area (Å²) in [6.45, 7) is 44.7. The van der Waals surface area contributed by atoms with Crippen LogP contribution in [0.4, 0.5) is 18.9 Å². The zero-order valence-corrected chi connectivity index (χ0v) is 76.8. The van der Waals surface area contributed by atoms with Gasteiger partial charge in [0.25, 0.3) is 0 Å². The Morgan fingerprint density at radius 2 is 0.889 bits per heavy atom. The average molecular weight is 1830 g/mol. The topological polar surface area (TPSA) is 116 Å². The molecule has 5 aromatic carbocycles. The molecule has 0 aromatic heterocycles. The molecule has 0 saturated carbocycles. The van der Waals surface area contributed by atoms with Gasteiger partial charge in [0.15, 0.2) is 23.1 Å². The van der Waals surface area contributed by atoms with Crippen molar-refractivity contribution in [2.45, 2.75) is 245 Å². The Balaban J connectivity index is 0.000000736. The van der Waals surface area contributed by atoms with Crippen LogP contribution in [0.5, 0.6) is 0 Å². The third-order valence-corrected chi connectivity index (χ3v) is 23.1. The zero-order valence-electron chi connectivity index (χ0n) is 68.9. The Morgan fingerprint density at radius 1 is 0.491 bits per heavy atom. The van der Waals surface area contributed by atoms with Gasteiger partial charge < -0.3 is 53.6 Å². The number of quaternary nitrogens is 2. The van der Waals surface area contributed by atoms with Crippen LogP contribution in [0.3, 0.4) is 0 Å². The molecule has 0 spiro atoms. The quantitative estimate of drug-likeness (QED) is 0.0228. The fourth-order valence-corrected chi connectivity index (χ4v) is 16.4. The van der Waals surface area contributed by atoms with Gasteiger partial charge in [-0.25, -0.2) is 13.2 Å². The van der Waals surface area contributed by atoms with Crippen molar-refractivity contribution in [1.82, 2.24) is 15.1 Å². The number of anilines is 1. The van der Waals surface area contributed by atoms with Gasteiger partial charge in [-0.1, -0.05) is 125 Å². The van der Waals surface area contributed by atoms with Crippen molar-refractivity contribution in [3.8, 4) is 0 Å². The van der Waals surface area contributed by atoms with Crippen LogP contribution in [0.25, 0.3) is 0 Å². The van der Waals surface area contributed by atoms with Gasteiger partial charge in [-0.05, 0) is 314 Å². The Morgan fingerprint density at radius 3 is 1.28 bits per heavy atom. The number of carbonyl (C=O) groups excluding carboxylic acids is 5. The molecule has 0 radical (unpaired) electrons. The number of likely N-dealkylation sites (N-methyl/N-ethyl adjacent to an activating group) is 3. The number of likely N-dealkylation sites (tertiary alicyclic amines) is 1. The van der Waals surface area contributed by atoms with Crippen molar-refractivity contribution in [2.75, 3.05) is 113 Å². The van der Waals surface area contributed by atoms with Crippen LogP contribution in [0.1, 0.15) is 216 Å². The lowest BCUT2D eigenvalue weighted by Gasteiger charge is -2.38.